The third kappa shape index (κ3) is 8.35. The predicted octanol–water partition coefficient (Wildman–Crippen LogP) is 4.30. The number of carbonyl (C=O) groups is 1. The molecule has 2 aromatic rings. The van der Waals surface area contributed by atoms with Gasteiger partial charge in [-0.2, -0.15) is 0 Å². The van der Waals surface area contributed by atoms with Crippen molar-refractivity contribution in [3.63, 3.8) is 0 Å². The van der Waals surface area contributed by atoms with Crippen LogP contribution in [0, 0.1) is 0 Å². The van der Waals surface area contributed by atoms with E-state index < -0.39 is 0 Å². The minimum absolute atomic E-state index is 0.0517. The monoisotopic (exact) mass is 569 g/mol. The fraction of sp³-hybridized carbons (Fsp3) is 0.594. The minimum atomic E-state index is -0.237. The number of likely N-dealkylation sites (tertiary alicyclic amines) is 1. The molecule has 2 fully saturated rings. The van der Waals surface area contributed by atoms with Gasteiger partial charge in [0, 0.05) is 51.4 Å². The molecule has 0 aliphatic carbocycles. The zero-order valence-corrected chi connectivity index (χ0v) is 24.9. The molecule has 2 aliphatic rings. The van der Waals surface area contributed by atoms with Gasteiger partial charge in [-0.15, -0.1) is 0 Å². The first-order valence-electron chi connectivity index (χ1n) is 14.8. The van der Waals surface area contributed by atoms with E-state index in [2.05, 4.69) is 36.6 Å². The molecular weight excluding hydrogens is 522 g/mol. The Balaban J connectivity index is 1.46. The van der Waals surface area contributed by atoms with E-state index in [1.54, 1.807) is 20.3 Å². The van der Waals surface area contributed by atoms with Crippen LogP contribution >= 0.6 is 0 Å². The first-order valence-corrected chi connectivity index (χ1v) is 14.8. The average molecular weight is 570 g/mol. The van der Waals surface area contributed by atoms with Gasteiger partial charge in [0.25, 0.3) is 0 Å². The first kappa shape index (κ1) is 31.1. The molecule has 1 amide bonds. The van der Waals surface area contributed by atoms with Crippen LogP contribution in [-0.2, 0) is 25.6 Å². The van der Waals surface area contributed by atoms with Crippen molar-refractivity contribution >= 4 is 11.6 Å². The number of aromatic hydroxyl groups is 1. The number of rotatable bonds is 13. The van der Waals surface area contributed by atoms with E-state index in [1.807, 2.05) is 29.2 Å². The van der Waals surface area contributed by atoms with Gasteiger partial charge in [0.2, 0.25) is 5.91 Å². The fourth-order valence-electron chi connectivity index (χ4n) is 6.06. The molecule has 9 nitrogen and oxygen atoms in total. The minimum Gasteiger partial charge on any atom is -0.506 e. The molecule has 2 aliphatic heterocycles. The molecule has 4 rings (SSSR count). The van der Waals surface area contributed by atoms with Crippen molar-refractivity contribution in [3.05, 3.63) is 53.6 Å². The Bertz CT molecular complexity index is 1090. The average Bonchev–Trinajstić information content (AvgIpc) is 2.98. The van der Waals surface area contributed by atoms with E-state index in [0.29, 0.717) is 38.5 Å². The van der Waals surface area contributed by atoms with Crippen molar-refractivity contribution in [2.45, 2.75) is 76.3 Å². The highest BCUT2D eigenvalue weighted by Crippen LogP contribution is 2.33. The summed E-state index contributed by atoms with van der Waals surface area (Å²) in [6, 6.07) is 14.0. The summed E-state index contributed by atoms with van der Waals surface area (Å²) in [4.78, 5) is 15.3. The molecule has 2 saturated heterocycles. The number of methoxy groups -OCH3 is 2. The summed E-state index contributed by atoms with van der Waals surface area (Å²) >= 11 is 0. The van der Waals surface area contributed by atoms with Gasteiger partial charge in [0.1, 0.15) is 18.1 Å². The van der Waals surface area contributed by atoms with Crippen LogP contribution in [0.2, 0.25) is 0 Å². The molecule has 2 aromatic carbocycles. The van der Waals surface area contributed by atoms with Crippen LogP contribution < -0.4 is 15.4 Å². The molecule has 0 radical (unpaired) electrons. The van der Waals surface area contributed by atoms with Crippen LogP contribution in [0.15, 0.2) is 42.5 Å². The zero-order valence-electron chi connectivity index (χ0n) is 24.9. The second kappa shape index (κ2) is 15.4. The second-order valence-corrected chi connectivity index (χ2v) is 11.2. The summed E-state index contributed by atoms with van der Waals surface area (Å²) in [5.41, 5.74) is 2.72. The molecule has 2 heterocycles. The van der Waals surface area contributed by atoms with Crippen molar-refractivity contribution in [2.75, 3.05) is 52.4 Å². The molecule has 41 heavy (non-hydrogen) atoms. The number of anilines is 1. The lowest BCUT2D eigenvalue weighted by Gasteiger charge is -2.41. The van der Waals surface area contributed by atoms with Crippen LogP contribution in [0.1, 0.15) is 56.6 Å². The Morgan fingerprint density at radius 1 is 1.02 bits per heavy atom. The smallest absolute Gasteiger partial charge is 0.249 e. The van der Waals surface area contributed by atoms with Crippen LogP contribution in [0.25, 0.3) is 0 Å². The zero-order chi connectivity index (χ0) is 29.2. The second-order valence-electron chi connectivity index (χ2n) is 11.2. The summed E-state index contributed by atoms with van der Waals surface area (Å²) in [7, 11) is 3.34. The molecule has 5 atom stereocenters. The summed E-state index contributed by atoms with van der Waals surface area (Å²) < 4.78 is 23.4. The normalized spacial score (nSPS) is 24.7. The van der Waals surface area contributed by atoms with Crippen LogP contribution in [0.4, 0.5) is 5.69 Å². The van der Waals surface area contributed by atoms with Gasteiger partial charge in [0.15, 0.2) is 0 Å². The van der Waals surface area contributed by atoms with E-state index in [9.17, 15) is 9.90 Å². The topological polar surface area (TPSA) is 102 Å². The number of carbonyl (C=O) groups excluding carboxylic acids is 1. The van der Waals surface area contributed by atoms with Gasteiger partial charge in [-0.05, 0) is 74.9 Å². The van der Waals surface area contributed by atoms with E-state index in [-0.39, 0.29) is 48.5 Å². The quantitative estimate of drug-likeness (QED) is 0.243. The standard InChI is InChI=1S/C32H47N3O6/c1-22-7-5-8-23(2)35(22)31(37)21-41-30-19-33-18-29(32(30)25-10-12-26(39-4)13-11-25)40-20-24-9-14-28(36)27(17-24)34-15-6-16-38-3/h9-14,17,22-23,29-30,32-34,36H,5-8,15-16,18-21H2,1-4H3/t22-,23?,29+,30-,32?/m1/s1. The van der Waals surface area contributed by atoms with Crippen molar-refractivity contribution in [3.8, 4) is 11.5 Å². The van der Waals surface area contributed by atoms with Gasteiger partial charge in [-0.1, -0.05) is 18.2 Å². The van der Waals surface area contributed by atoms with E-state index in [0.717, 1.165) is 42.6 Å². The Morgan fingerprint density at radius 2 is 1.73 bits per heavy atom. The molecule has 0 aromatic heterocycles. The van der Waals surface area contributed by atoms with Crippen LogP contribution in [0.5, 0.6) is 11.5 Å². The Labute approximate surface area is 244 Å². The van der Waals surface area contributed by atoms with Gasteiger partial charge < -0.3 is 39.6 Å². The third-order valence-electron chi connectivity index (χ3n) is 8.26. The molecule has 226 valence electrons. The molecule has 0 saturated carbocycles. The first-order chi connectivity index (χ1) is 19.9. The highest BCUT2D eigenvalue weighted by Gasteiger charge is 2.37. The Morgan fingerprint density at radius 3 is 2.41 bits per heavy atom. The van der Waals surface area contributed by atoms with E-state index in [1.165, 1.54) is 0 Å². The molecular formula is C32H47N3O6. The van der Waals surface area contributed by atoms with Crippen LogP contribution in [-0.4, -0.2) is 87.3 Å². The SMILES string of the molecule is COCCCNc1cc(CO[C@H]2CNC[C@@H](OCC(=O)N3C(C)CCC[C@H]3C)C2c2ccc(OC)cc2)ccc1O. The largest absolute Gasteiger partial charge is 0.506 e. The lowest BCUT2D eigenvalue weighted by molar-refractivity contribution is -0.147. The number of phenolic OH excluding ortho intramolecular Hbond substituents is 1. The van der Waals surface area contributed by atoms with Gasteiger partial charge in [0.05, 0.1) is 31.6 Å². The maximum atomic E-state index is 13.3. The Kier molecular flexibility index (Phi) is 11.7. The van der Waals surface area contributed by atoms with Gasteiger partial charge in [-0.25, -0.2) is 0 Å². The summed E-state index contributed by atoms with van der Waals surface area (Å²) in [6.07, 6.45) is 3.65. The summed E-state index contributed by atoms with van der Waals surface area (Å²) in [5.74, 6) is 0.971. The lowest BCUT2D eigenvalue weighted by Crippen LogP contribution is -2.53. The molecule has 0 spiro atoms. The van der Waals surface area contributed by atoms with Crippen molar-refractivity contribution in [2.24, 2.45) is 0 Å². The molecule has 0 bridgehead atoms. The highest BCUT2D eigenvalue weighted by molar-refractivity contribution is 5.78. The number of hydrogen-bond donors (Lipinski definition) is 3. The highest BCUT2D eigenvalue weighted by atomic mass is 16.5. The maximum Gasteiger partial charge on any atom is 0.249 e. The molecule has 9 heteroatoms. The maximum absolute atomic E-state index is 13.3. The van der Waals surface area contributed by atoms with Gasteiger partial charge in [-0.3, -0.25) is 4.79 Å². The number of nitrogens with one attached hydrogen (secondary N) is 2. The lowest BCUT2D eigenvalue weighted by atomic mass is 9.85. The van der Waals surface area contributed by atoms with Crippen molar-refractivity contribution < 1.29 is 28.8 Å². The number of ether oxygens (including phenoxy) is 4. The summed E-state index contributed by atoms with van der Waals surface area (Å²) in [5, 5.41) is 17.0. The van der Waals surface area contributed by atoms with E-state index in [4.69, 9.17) is 18.9 Å². The van der Waals surface area contributed by atoms with Gasteiger partial charge >= 0.3 is 0 Å². The number of hydrogen-bond acceptors (Lipinski definition) is 8. The van der Waals surface area contributed by atoms with Crippen molar-refractivity contribution in [1.29, 1.82) is 0 Å². The van der Waals surface area contributed by atoms with Crippen molar-refractivity contribution in [1.82, 2.24) is 10.2 Å². The van der Waals surface area contributed by atoms with E-state index >= 15 is 0 Å². The number of phenols is 1. The van der Waals surface area contributed by atoms with Crippen LogP contribution in [0.3, 0.4) is 0 Å². The fourth-order valence-corrected chi connectivity index (χ4v) is 6.06. The number of piperidine rings is 2. The number of amides is 1. The number of nitrogens with zero attached hydrogens (tertiary/aromatic N) is 1. The Hall–Kier alpha value is -2.85. The predicted molar refractivity (Wildman–Crippen MR) is 160 cm³/mol. The number of benzene rings is 2. The summed E-state index contributed by atoms with van der Waals surface area (Å²) in [6.45, 7) is 7.33. The molecule has 2 unspecified atom stereocenters. The molecule has 3 N–H and O–H groups in total. The third-order valence-corrected chi connectivity index (χ3v) is 8.26.